The van der Waals surface area contributed by atoms with Crippen molar-refractivity contribution in [2.75, 3.05) is 6.54 Å². The molecule has 1 saturated carbocycles. The Labute approximate surface area is 134 Å². The number of fused-ring (bicyclic) bond motifs is 1. The van der Waals surface area contributed by atoms with Crippen LogP contribution >= 0.6 is 0 Å². The van der Waals surface area contributed by atoms with Gasteiger partial charge in [-0.2, -0.15) is 4.31 Å². The summed E-state index contributed by atoms with van der Waals surface area (Å²) in [5, 5.41) is 9.82. The van der Waals surface area contributed by atoms with Gasteiger partial charge in [-0.05, 0) is 37.5 Å². The van der Waals surface area contributed by atoms with Gasteiger partial charge in [0.05, 0.1) is 5.52 Å². The molecule has 1 aromatic carbocycles. The third-order valence-electron chi connectivity index (χ3n) is 4.17. The highest BCUT2D eigenvalue weighted by atomic mass is 32.2. The lowest BCUT2D eigenvalue weighted by Crippen LogP contribution is -2.46. The van der Waals surface area contributed by atoms with E-state index in [1.807, 2.05) is 13.0 Å². The summed E-state index contributed by atoms with van der Waals surface area (Å²) in [6, 6.07) is 6.59. The van der Waals surface area contributed by atoms with Crippen molar-refractivity contribution in [1.82, 2.24) is 9.29 Å². The molecule has 0 amide bonds. The maximum absolute atomic E-state index is 13.0. The number of carboxylic acids is 1. The lowest BCUT2D eigenvalue weighted by Gasteiger charge is -2.35. The van der Waals surface area contributed by atoms with Crippen molar-refractivity contribution in [3.8, 4) is 0 Å². The lowest BCUT2D eigenvalue weighted by atomic mass is 9.93. The van der Waals surface area contributed by atoms with Crippen LogP contribution in [-0.2, 0) is 14.8 Å². The zero-order chi connectivity index (χ0) is 16.6. The molecule has 0 saturated heterocycles. The molecule has 7 heteroatoms. The van der Waals surface area contributed by atoms with E-state index in [-0.39, 0.29) is 10.9 Å². The molecular weight excluding hydrogens is 316 g/mol. The quantitative estimate of drug-likeness (QED) is 0.905. The first-order chi connectivity index (χ1) is 10.9. The predicted molar refractivity (Wildman–Crippen MR) is 85.6 cm³/mol. The fourth-order valence-electron chi connectivity index (χ4n) is 2.80. The van der Waals surface area contributed by atoms with E-state index in [4.69, 9.17) is 5.11 Å². The van der Waals surface area contributed by atoms with Crippen LogP contribution in [0.15, 0.2) is 35.4 Å². The number of carbonyl (C=O) groups is 1. The van der Waals surface area contributed by atoms with Gasteiger partial charge in [0.2, 0.25) is 10.0 Å². The minimum atomic E-state index is -3.91. The molecule has 2 aromatic rings. The minimum absolute atomic E-state index is 0.0724. The Balaban J connectivity index is 2.12. The molecule has 1 aliphatic rings. The molecule has 0 unspecified atom stereocenters. The second kappa shape index (κ2) is 5.90. The summed E-state index contributed by atoms with van der Waals surface area (Å²) in [5.74, 6) is -1.15. The molecule has 1 aromatic heterocycles. The van der Waals surface area contributed by atoms with Crippen LogP contribution in [-0.4, -0.2) is 41.4 Å². The van der Waals surface area contributed by atoms with E-state index >= 15 is 0 Å². The number of nitrogens with zero attached hydrogens (tertiary/aromatic N) is 2. The van der Waals surface area contributed by atoms with Crippen molar-refractivity contribution < 1.29 is 18.3 Å². The Kier molecular flexibility index (Phi) is 4.08. The molecule has 1 fully saturated rings. The lowest BCUT2D eigenvalue weighted by molar-refractivity contribution is -0.137. The summed E-state index contributed by atoms with van der Waals surface area (Å²) in [6.45, 7) is 1.37. The number of benzene rings is 1. The molecule has 23 heavy (non-hydrogen) atoms. The first-order valence-corrected chi connectivity index (χ1v) is 8.92. The molecule has 1 N–H and O–H groups in total. The van der Waals surface area contributed by atoms with Gasteiger partial charge in [-0.1, -0.05) is 18.6 Å². The average molecular weight is 334 g/mol. The number of pyridine rings is 1. The Bertz CT molecular complexity index is 860. The normalized spacial score (nSPS) is 15.7. The predicted octanol–water partition coefficient (Wildman–Crippen LogP) is 2.17. The topological polar surface area (TPSA) is 87.6 Å². The molecule has 0 spiro atoms. The second-order valence-corrected chi connectivity index (χ2v) is 7.73. The van der Waals surface area contributed by atoms with Crippen LogP contribution in [0.1, 0.15) is 24.8 Å². The number of aliphatic carboxylic acids is 1. The van der Waals surface area contributed by atoms with Crippen molar-refractivity contribution in [2.24, 2.45) is 0 Å². The highest BCUT2D eigenvalue weighted by Gasteiger charge is 2.37. The van der Waals surface area contributed by atoms with E-state index in [1.54, 1.807) is 18.3 Å². The number of rotatable bonds is 5. The standard InChI is InChI=1S/C16H18N2O4S/c1-11-8-12-4-2-7-14(16(12)17-9-11)23(21,22)18(10-15(19)20)13-5-3-6-13/h2,4,7-9,13H,3,5-6,10H2,1H3,(H,19,20). The molecule has 6 nitrogen and oxygen atoms in total. The van der Waals surface area contributed by atoms with Crippen molar-refractivity contribution in [2.45, 2.75) is 37.1 Å². The number of hydrogen-bond donors (Lipinski definition) is 1. The molecule has 1 heterocycles. The van der Waals surface area contributed by atoms with E-state index in [9.17, 15) is 13.2 Å². The molecule has 1 aliphatic carbocycles. The van der Waals surface area contributed by atoms with Crippen molar-refractivity contribution in [3.63, 3.8) is 0 Å². The fraction of sp³-hybridized carbons (Fsp3) is 0.375. The third kappa shape index (κ3) is 2.94. The Morgan fingerprint density at radius 1 is 1.39 bits per heavy atom. The second-order valence-electron chi connectivity index (χ2n) is 5.87. The van der Waals surface area contributed by atoms with Crippen molar-refractivity contribution in [3.05, 3.63) is 36.0 Å². The Hall–Kier alpha value is -1.99. The van der Waals surface area contributed by atoms with Crippen LogP contribution in [0.4, 0.5) is 0 Å². The summed E-state index contributed by atoms with van der Waals surface area (Å²) in [7, 11) is -3.91. The van der Waals surface area contributed by atoms with Crippen LogP contribution in [0.3, 0.4) is 0 Å². The number of carboxylic acid groups (broad SMARTS) is 1. The summed E-state index contributed by atoms with van der Waals surface area (Å²) >= 11 is 0. The van der Waals surface area contributed by atoms with Gasteiger partial charge in [0.15, 0.2) is 0 Å². The zero-order valence-electron chi connectivity index (χ0n) is 12.8. The van der Waals surface area contributed by atoms with E-state index in [1.165, 1.54) is 6.07 Å². The average Bonchev–Trinajstić information content (AvgIpc) is 2.43. The first kappa shape index (κ1) is 15.9. The summed E-state index contributed by atoms with van der Waals surface area (Å²) in [4.78, 5) is 15.4. The SMILES string of the molecule is Cc1cnc2c(S(=O)(=O)N(CC(=O)O)C3CCC3)cccc2c1. The van der Waals surface area contributed by atoms with E-state index < -0.39 is 22.5 Å². The number of para-hydroxylation sites is 1. The van der Waals surface area contributed by atoms with Gasteiger partial charge in [-0.15, -0.1) is 0 Å². The van der Waals surface area contributed by atoms with E-state index in [0.717, 1.165) is 21.7 Å². The minimum Gasteiger partial charge on any atom is -0.480 e. The third-order valence-corrected chi connectivity index (χ3v) is 6.10. The van der Waals surface area contributed by atoms with Gasteiger partial charge in [-0.25, -0.2) is 8.42 Å². The van der Waals surface area contributed by atoms with Crippen LogP contribution in [0, 0.1) is 6.92 Å². The van der Waals surface area contributed by atoms with Crippen molar-refractivity contribution >= 4 is 26.9 Å². The molecule has 3 rings (SSSR count). The highest BCUT2D eigenvalue weighted by molar-refractivity contribution is 7.89. The van der Waals surface area contributed by atoms with Gasteiger partial charge in [0.25, 0.3) is 0 Å². The Morgan fingerprint density at radius 3 is 2.74 bits per heavy atom. The summed E-state index contributed by atoms with van der Waals surface area (Å²) < 4.78 is 27.2. The molecular formula is C16H18N2O4S. The van der Waals surface area contributed by atoms with E-state index in [0.29, 0.717) is 18.4 Å². The van der Waals surface area contributed by atoms with Gasteiger partial charge < -0.3 is 5.11 Å². The smallest absolute Gasteiger partial charge is 0.318 e. The number of hydrogen-bond acceptors (Lipinski definition) is 4. The fourth-order valence-corrected chi connectivity index (χ4v) is 4.60. The van der Waals surface area contributed by atoms with Crippen LogP contribution in [0.5, 0.6) is 0 Å². The summed E-state index contributed by atoms with van der Waals surface area (Å²) in [5.41, 5.74) is 1.32. The van der Waals surface area contributed by atoms with Crippen LogP contribution < -0.4 is 0 Å². The van der Waals surface area contributed by atoms with Crippen molar-refractivity contribution in [1.29, 1.82) is 0 Å². The Morgan fingerprint density at radius 2 is 2.13 bits per heavy atom. The molecule has 0 atom stereocenters. The monoisotopic (exact) mass is 334 g/mol. The maximum Gasteiger partial charge on any atom is 0.318 e. The highest BCUT2D eigenvalue weighted by Crippen LogP contribution is 2.32. The van der Waals surface area contributed by atoms with Gasteiger partial charge in [-0.3, -0.25) is 9.78 Å². The zero-order valence-corrected chi connectivity index (χ0v) is 13.6. The maximum atomic E-state index is 13.0. The number of aromatic nitrogens is 1. The van der Waals surface area contributed by atoms with Gasteiger partial charge >= 0.3 is 5.97 Å². The molecule has 0 aliphatic heterocycles. The van der Waals surface area contributed by atoms with Gasteiger partial charge in [0, 0.05) is 17.6 Å². The first-order valence-electron chi connectivity index (χ1n) is 7.48. The molecule has 0 radical (unpaired) electrons. The van der Waals surface area contributed by atoms with Crippen LogP contribution in [0.2, 0.25) is 0 Å². The summed E-state index contributed by atoms with van der Waals surface area (Å²) in [6.07, 6.45) is 3.93. The van der Waals surface area contributed by atoms with E-state index in [2.05, 4.69) is 4.98 Å². The number of sulfonamides is 1. The van der Waals surface area contributed by atoms with Gasteiger partial charge in [0.1, 0.15) is 11.4 Å². The molecule has 122 valence electrons. The van der Waals surface area contributed by atoms with Crippen LogP contribution in [0.25, 0.3) is 10.9 Å². The number of aryl methyl sites for hydroxylation is 1. The molecule has 0 bridgehead atoms. The largest absolute Gasteiger partial charge is 0.480 e.